The molecule has 2 aromatic rings. The molecule has 0 atom stereocenters. The van der Waals surface area contributed by atoms with Crippen molar-refractivity contribution in [2.75, 3.05) is 0 Å². The molecular weight excluding hydrogens is 286 g/mol. The second kappa shape index (κ2) is 4.01. The van der Waals surface area contributed by atoms with Crippen LogP contribution >= 0.6 is 0 Å². The summed E-state index contributed by atoms with van der Waals surface area (Å²) in [6.45, 7) is 0. The minimum absolute atomic E-state index is 0.425. The first-order chi connectivity index (χ1) is 5.95. The van der Waals surface area contributed by atoms with Crippen molar-refractivity contribution in [3.05, 3.63) is 36.8 Å². The molecule has 0 fully saturated rings. The molecule has 0 N–H and O–H groups in total. The zero-order valence-corrected chi connectivity index (χ0v) is 9.52. The van der Waals surface area contributed by atoms with E-state index in [1.165, 1.54) is 0 Å². The molecule has 12 heavy (non-hydrogen) atoms. The minimum atomic E-state index is 0.425. The third-order valence-corrected chi connectivity index (χ3v) is 7.53. The quantitative estimate of drug-likeness (QED) is 0.753. The van der Waals surface area contributed by atoms with Crippen molar-refractivity contribution >= 4 is 35.6 Å². The van der Waals surface area contributed by atoms with Crippen molar-refractivity contribution in [3.8, 4) is 0 Å². The van der Waals surface area contributed by atoms with Crippen molar-refractivity contribution in [1.29, 1.82) is 0 Å². The van der Waals surface area contributed by atoms with Crippen LogP contribution in [0.3, 0.4) is 0 Å². The molecule has 0 saturated heterocycles. The van der Waals surface area contributed by atoms with E-state index < -0.39 is 0 Å². The van der Waals surface area contributed by atoms with Crippen molar-refractivity contribution in [2.24, 2.45) is 0 Å². The Kier molecular flexibility index (Phi) is 2.75. The predicted molar refractivity (Wildman–Crippen MR) is 48.2 cm³/mol. The van der Waals surface area contributed by atoms with Crippen molar-refractivity contribution in [2.45, 2.75) is 0 Å². The molecule has 0 aliphatic carbocycles. The number of hydrogen-bond donors (Lipinski definition) is 0. The fourth-order valence-electron chi connectivity index (χ4n) is 0.704. The van der Waals surface area contributed by atoms with E-state index in [1.807, 2.05) is 24.3 Å². The molecule has 0 amide bonds. The van der Waals surface area contributed by atoms with Crippen LogP contribution in [0.25, 0.3) is 0 Å². The first-order valence-electron chi connectivity index (χ1n) is 3.37. The summed E-state index contributed by atoms with van der Waals surface area (Å²) < 4.78 is 12.7. The molecule has 2 heterocycles. The molecule has 0 radical (unpaired) electrons. The molecule has 0 saturated carbocycles. The molecule has 2 nitrogen and oxygen atoms in total. The maximum atomic E-state index is 5.23. The van der Waals surface area contributed by atoms with Crippen LogP contribution in [0.5, 0.6) is 0 Å². The van der Waals surface area contributed by atoms with E-state index in [-0.39, 0.29) is 0 Å². The maximum absolute atomic E-state index is 5.23. The van der Waals surface area contributed by atoms with Gasteiger partial charge in [-0.3, -0.25) is 0 Å². The fraction of sp³-hybridized carbons (Fsp3) is 0. The molecule has 0 unspecified atom stereocenters. The standard InChI is InChI=1S/C8H6O2Se2/c1-3-7(9-5-1)11-12-8-4-2-6-10-8/h1-6H. The van der Waals surface area contributed by atoms with Gasteiger partial charge in [0.15, 0.2) is 0 Å². The molecule has 0 aliphatic heterocycles. The van der Waals surface area contributed by atoms with Crippen molar-refractivity contribution < 1.29 is 8.83 Å². The first kappa shape index (κ1) is 8.21. The molecule has 2 rings (SSSR count). The van der Waals surface area contributed by atoms with Gasteiger partial charge in [0.1, 0.15) is 0 Å². The third-order valence-electron chi connectivity index (χ3n) is 1.20. The molecular formula is C8H6O2Se2. The van der Waals surface area contributed by atoms with Gasteiger partial charge in [0.2, 0.25) is 0 Å². The topological polar surface area (TPSA) is 26.3 Å². The van der Waals surface area contributed by atoms with E-state index in [4.69, 9.17) is 8.83 Å². The van der Waals surface area contributed by atoms with Crippen molar-refractivity contribution in [3.63, 3.8) is 0 Å². The molecule has 0 aromatic carbocycles. The molecule has 0 aliphatic rings. The summed E-state index contributed by atoms with van der Waals surface area (Å²) in [7, 11) is 0. The van der Waals surface area contributed by atoms with Crippen LogP contribution in [0, 0.1) is 0 Å². The normalized spacial score (nSPS) is 10.3. The Balaban J connectivity index is 1.91. The van der Waals surface area contributed by atoms with Crippen LogP contribution in [-0.2, 0) is 0 Å². The molecule has 62 valence electrons. The molecule has 4 heteroatoms. The Bertz CT molecular complexity index is 278. The monoisotopic (exact) mass is 294 g/mol. The molecule has 2 aromatic heterocycles. The van der Waals surface area contributed by atoms with Gasteiger partial charge in [0.05, 0.1) is 0 Å². The summed E-state index contributed by atoms with van der Waals surface area (Å²) in [6, 6.07) is 7.89. The van der Waals surface area contributed by atoms with E-state index in [0.717, 1.165) is 9.32 Å². The van der Waals surface area contributed by atoms with Crippen LogP contribution in [0.1, 0.15) is 0 Å². The number of furan rings is 2. The Hall–Kier alpha value is -0.401. The Morgan fingerprint density at radius 2 is 1.33 bits per heavy atom. The fourth-order valence-corrected chi connectivity index (χ4v) is 5.87. The summed E-state index contributed by atoms with van der Waals surface area (Å²) in [5.74, 6) is 0. The summed E-state index contributed by atoms with van der Waals surface area (Å²) in [4.78, 5) is 0. The zero-order chi connectivity index (χ0) is 8.23. The summed E-state index contributed by atoms with van der Waals surface area (Å²) in [6.07, 6.45) is 3.44. The van der Waals surface area contributed by atoms with Gasteiger partial charge in [-0.25, -0.2) is 0 Å². The second-order valence-corrected chi connectivity index (χ2v) is 8.05. The summed E-state index contributed by atoms with van der Waals surface area (Å²) >= 11 is 0.850. The average Bonchev–Trinajstić information content (AvgIpc) is 2.74. The van der Waals surface area contributed by atoms with Gasteiger partial charge in [-0.15, -0.1) is 0 Å². The SMILES string of the molecule is c1coc([Se][Se]c2ccco2)c1. The molecule has 0 spiro atoms. The van der Waals surface area contributed by atoms with Crippen LogP contribution < -0.4 is 9.32 Å². The van der Waals surface area contributed by atoms with E-state index in [2.05, 4.69) is 0 Å². The van der Waals surface area contributed by atoms with E-state index in [0.29, 0.717) is 26.3 Å². The number of hydrogen-bond acceptors (Lipinski definition) is 2. The van der Waals surface area contributed by atoms with Gasteiger partial charge < -0.3 is 0 Å². The van der Waals surface area contributed by atoms with Gasteiger partial charge in [-0.05, 0) is 0 Å². The van der Waals surface area contributed by atoms with Crippen molar-refractivity contribution in [1.82, 2.24) is 0 Å². The summed E-state index contributed by atoms with van der Waals surface area (Å²) in [5, 5.41) is 0. The Morgan fingerprint density at radius 1 is 0.833 bits per heavy atom. The number of rotatable bonds is 3. The van der Waals surface area contributed by atoms with Gasteiger partial charge >= 0.3 is 81.2 Å². The van der Waals surface area contributed by atoms with Crippen LogP contribution in [0.4, 0.5) is 0 Å². The van der Waals surface area contributed by atoms with E-state index in [1.54, 1.807) is 12.5 Å². The van der Waals surface area contributed by atoms with Gasteiger partial charge in [0, 0.05) is 0 Å². The van der Waals surface area contributed by atoms with Gasteiger partial charge in [-0.1, -0.05) is 0 Å². The predicted octanol–water partition coefficient (Wildman–Crippen LogP) is 0.147. The van der Waals surface area contributed by atoms with Gasteiger partial charge in [-0.2, -0.15) is 0 Å². The van der Waals surface area contributed by atoms with Gasteiger partial charge in [0.25, 0.3) is 0 Å². The van der Waals surface area contributed by atoms with E-state index in [9.17, 15) is 0 Å². The molecule has 0 bridgehead atoms. The third kappa shape index (κ3) is 2.05. The average molecular weight is 292 g/mol. The van der Waals surface area contributed by atoms with Crippen LogP contribution in [0.15, 0.2) is 45.6 Å². The van der Waals surface area contributed by atoms with E-state index >= 15 is 0 Å². The summed E-state index contributed by atoms with van der Waals surface area (Å²) in [5.41, 5.74) is 0. The van der Waals surface area contributed by atoms with Crippen LogP contribution in [-0.4, -0.2) is 26.3 Å². The first-order valence-corrected chi connectivity index (χ1v) is 9.41. The second-order valence-electron chi connectivity index (χ2n) is 2.03. The Labute approximate surface area is 81.2 Å². The van der Waals surface area contributed by atoms with Crippen LogP contribution in [0.2, 0.25) is 0 Å². The zero-order valence-electron chi connectivity index (χ0n) is 6.10. The Morgan fingerprint density at radius 3 is 1.67 bits per heavy atom.